The number of anilines is 1. The molecular weight excluding hydrogens is 440 g/mol. The van der Waals surface area contributed by atoms with Crippen molar-refractivity contribution in [2.75, 3.05) is 19.0 Å². The highest BCUT2D eigenvalue weighted by Crippen LogP contribution is 2.43. The van der Waals surface area contributed by atoms with Crippen LogP contribution >= 0.6 is 0 Å². The standard InChI is InChI=1S/C28H28N4O3/c1-33-22-13-11-19(12-14-22)24-25-27(32-21-9-5-10-23(17-21)34-16-6-15-29)30-18-31-28(25)35-26(24)20-7-3-2-4-8-20/h2-4,7-8,11-14,18,21,23H,5-6,9-10,16-17H2,1H3,(H,30,31,32)/t21-,23-/m0/s1. The molecule has 7 nitrogen and oxygen atoms in total. The molecule has 1 N–H and O–H groups in total. The number of rotatable bonds is 8. The van der Waals surface area contributed by atoms with Crippen LogP contribution in [0.3, 0.4) is 0 Å². The third-order valence-corrected chi connectivity index (χ3v) is 6.44. The second-order valence-corrected chi connectivity index (χ2v) is 8.71. The van der Waals surface area contributed by atoms with Gasteiger partial charge in [0.2, 0.25) is 5.71 Å². The smallest absolute Gasteiger partial charge is 0.232 e. The quantitative estimate of drug-likeness (QED) is 0.307. The van der Waals surface area contributed by atoms with Crippen LogP contribution in [0.15, 0.2) is 65.3 Å². The molecule has 2 atom stereocenters. The van der Waals surface area contributed by atoms with Crippen molar-refractivity contribution in [3.05, 3.63) is 60.9 Å². The summed E-state index contributed by atoms with van der Waals surface area (Å²) < 4.78 is 17.6. The van der Waals surface area contributed by atoms with Crippen molar-refractivity contribution in [2.24, 2.45) is 0 Å². The minimum atomic E-state index is 0.150. The van der Waals surface area contributed by atoms with Crippen molar-refractivity contribution in [3.8, 4) is 34.3 Å². The highest BCUT2D eigenvalue weighted by Gasteiger charge is 2.26. The summed E-state index contributed by atoms with van der Waals surface area (Å²) in [6, 6.07) is 20.4. The number of aromatic nitrogens is 2. The van der Waals surface area contributed by atoms with Crippen molar-refractivity contribution >= 4 is 16.9 Å². The molecule has 0 bridgehead atoms. The molecule has 35 heavy (non-hydrogen) atoms. The molecule has 1 saturated carbocycles. The molecule has 0 unspecified atom stereocenters. The van der Waals surface area contributed by atoms with Crippen molar-refractivity contribution in [1.82, 2.24) is 9.97 Å². The number of ether oxygens (including phenoxy) is 2. The van der Waals surface area contributed by atoms with E-state index in [4.69, 9.17) is 19.2 Å². The number of benzene rings is 2. The van der Waals surface area contributed by atoms with E-state index in [9.17, 15) is 0 Å². The maximum atomic E-state index is 8.80. The minimum absolute atomic E-state index is 0.150. The zero-order chi connectivity index (χ0) is 24.0. The van der Waals surface area contributed by atoms with E-state index in [2.05, 4.69) is 21.4 Å². The Kier molecular flexibility index (Phi) is 6.92. The first kappa shape index (κ1) is 22.9. The van der Waals surface area contributed by atoms with E-state index in [-0.39, 0.29) is 12.1 Å². The fourth-order valence-electron chi connectivity index (χ4n) is 4.76. The molecule has 2 heterocycles. The summed E-state index contributed by atoms with van der Waals surface area (Å²) in [6.07, 6.45) is 6.10. The Balaban J connectivity index is 1.54. The first-order valence-electron chi connectivity index (χ1n) is 12.0. The highest BCUT2D eigenvalue weighted by molar-refractivity contribution is 6.05. The number of furan rings is 1. The highest BCUT2D eigenvalue weighted by atomic mass is 16.5. The fourth-order valence-corrected chi connectivity index (χ4v) is 4.76. The number of nitriles is 1. The molecule has 178 valence electrons. The third-order valence-electron chi connectivity index (χ3n) is 6.44. The number of hydrogen-bond acceptors (Lipinski definition) is 7. The Morgan fingerprint density at radius 3 is 2.66 bits per heavy atom. The van der Waals surface area contributed by atoms with E-state index in [1.54, 1.807) is 13.4 Å². The molecule has 5 rings (SSSR count). The lowest BCUT2D eigenvalue weighted by Gasteiger charge is -2.30. The number of fused-ring (bicyclic) bond motifs is 1. The van der Waals surface area contributed by atoms with Crippen molar-refractivity contribution in [1.29, 1.82) is 5.26 Å². The van der Waals surface area contributed by atoms with Crippen molar-refractivity contribution in [3.63, 3.8) is 0 Å². The summed E-state index contributed by atoms with van der Waals surface area (Å²) in [4.78, 5) is 9.11. The third kappa shape index (κ3) is 4.98. The number of hydrogen-bond donors (Lipinski definition) is 1. The van der Waals surface area contributed by atoms with Crippen LogP contribution in [0.1, 0.15) is 32.1 Å². The Bertz CT molecular complexity index is 1310. The molecule has 7 heteroatoms. The second-order valence-electron chi connectivity index (χ2n) is 8.71. The van der Waals surface area contributed by atoms with Crippen molar-refractivity contribution in [2.45, 2.75) is 44.2 Å². The molecule has 0 amide bonds. The topological polar surface area (TPSA) is 93.2 Å². The summed E-state index contributed by atoms with van der Waals surface area (Å²) in [5, 5.41) is 13.3. The summed E-state index contributed by atoms with van der Waals surface area (Å²) in [5.41, 5.74) is 3.48. The van der Waals surface area contributed by atoms with E-state index in [1.807, 2.05) is 54.6 Å². The van der Waals surface area contributed by atoms with Crippen LogP contribution in [0.2, 0.25) is 0 Å². The van der Waals surface area contributed by atoms with Crippen LogP contribution in [0.25, 0.3) is 33.6 Å². The van der Waals surface area contributed by atoms with Gasteiger partial charge in [-0.1, -0.05) is 42.5 Å². The molecule has 1 fully saturated rings. The van der Waals surface area contributed by atoms with Gasteiger partial charge in [-0.3, -0.25) is 0 Å². The normalized spacial score (nSPS) is 17.7. The molecular formula is C28H28N4O3. The van der Waals surface area contributed by atoms with Gasteiger partial charge in [0.1, 0.15) is 23.7 Å². The summed E-state index contributed by atoms with van der Waals surface area (Å²) >= 11 is 0. The average molecular weight is 469 g/mol. The van der Waals surface area contributed by atoms with Gasteiger partial charge in [0.25, 0.3) is 0 Å². The Morgan fingerprint density at radius 1 is 1.06 bits per heavy atom. The lowest BCUT2D eigenvalue weighted by atomic mass is 9.92. The predicted octanol–water partition coefficient (Wildman–Crippen LogP) is 6.22. The van der Waals surface area contributed by atoms with E-state index in [0.717, 1.165) is 65.1 Å². The Labute approximate surface area is 204 Å². The molecule has 0 radical (unpaired) electrons. The van der Waals surface area contributed by atoms with Crippen LogP contribution in [0, 0.1) is 11.3 Å². The van der Waals surface area contributed by atoms with Crippen LogP contribution in [-0.2, 0) is 4.74 Å². The summed E-state index contributed by atoms with van der Waals surface area (Å²) in [5.74, 6) is 2.31. The minimum Gasteiger partial charge on any atom is -0.497 e. The van der Waals surface area contributed by atoms with Crippen LogP contribution in [0.5, 0.6) is 5.75 Å². The van der Waals surface area contributed by atoms with Crippen LogP contribution < -0.4 is 10.1 Å². The van der Waals surface area contributed by atoms with Gasteiger partial charge in [0.05, 0.1) is 37.7 Å². The summed E-state index contributed by atoms with van der Waals surface area (Å²) in [6.45, 7) is 0.482. The van der Waals surface area contributed by atoms with Gasteiger partial charge in [-0.15, -0.1) is 0 Å². The van der Waals surface area contributed by atoms with Crippen LogP contribution in [0.4, 0.5) is 5.82 Å². The van der Waals surface area contributed by atoms with Gasteiger partial charge >= 0.3 is 0 Å². The molecule has 0 spiro atoms. The summed E-state index contributed by atoms with van der Waals surface area (Å²) in [7, 11) is 1.66. The second kappa shape index (κ2) is 10.6. The zero-order valence-corrected chi connectivity index (χ0v) is 19.7. The van der Waals surface area contributed by atoms with E-state index in [1.165, 1.54) is 0 Å². The number of methoxy groups -OCH3 is 1. The number of nitrogens with zero attached hydrogens (tertiary/aromatic N) is 3. The lowest BCUT2D eigenvalue weighted by Crippen LogP contribution is -2.32. The lowest BCUT2D eigenvalue weighted by molar-refractivity contribution is 0.0287. The predicted molar refractivity (Wildman–Crippen MR) is 135 cm³/mol. The van der Waals surface area contributed by atoms with Gasteiger partial charge in [-0.05, 0) is 43.4 Å². The van der Waals surface area contributed by atoms with E-state index in [0.29, 0.717) is 18.7 Å². The average Bonchev–Trinajstić information content (AvgIpc) is 3.30. The first-order valence-corrected chi connectivity index (χ1v) is 12.0. The fraction of sp³-hybridized carbons (Fsp3) is 0.321. The molecule has 0 aliphatic heterocycles. The molecule has 4 aromatic rings. The number of nitrogens with one attached hydrogen (secondary N) is 1. The Morgan fingerprint density at radius 2 is 1.89 bits per heavy atom. The van der Waals surface area contributed by atoms with Gasteiger partial charge in [-0.25, -0.2) is 9.97 Å². The first-order chi connectivity index (χ1) is 17.3. The molecule has 0 saturated heterocycles. The van der Waals surface area contributed by atoms with Gasteiger partial charge in [-0.2, -0.15) is 5.26 Å². The maximum Gasteiger partial charge on any atom is 0.232 e. The van der Waals surface area contributed by atoms with E-state index < -0.39 is 0 Å². The van der Waals surface area contributed by atoms with Crippen molar-refractivity contribution < 1.29 is 13.9 Å². The Hall–Kier alpha value is -3.89. The van der Waals surface area contributed by atoms with Gasteiger partial charge in [0, 0.05) is 17.2 Å². The van der Waals surface area contributed by atoms with Gasteiger partial charge in [0.15, 0.2) is 0 Å². The maximum absolute atomic E-state index is 8.80. The molecule has 2 aromatic heterocycles. The van der Waals surface area contributed by atoms with E-state index >= 15 is 0 Å². The van der Waals surface area contributed by atoms with Crippen LogP contribution in [-0.4, -0.2) is 35.8 Å². The zero-order valence-electron chi connectivity index (χ0n) is 19.7. The molecule has 2 aromatic carbocycles. The molecule has 1 aliphatic carbocycles. The van der Waals surface area contributed by atoms with Gasteiger partial charge < -0.3 is 19.2 Å². The monoisotopic (exact) mass is 468 g/mol. The SMILES string of the molecule is COc1ccc(-c2c(-c3ccccc3)oc3ncnc(N[C@H]4CCC[C@H](OCCC#N)C4)c23)cc1. The largest absolute Gasteiger partial charge is 0.497 e. The molecule has 1 aliphatic rings.